The van der Waals surface area contributed by atoms with Crippen molar-refractivity contribution in [1.82, 2.24) is 0 Å². The van der Waals surface area contributed by atoms with Gasteiger partial charge in [-0.2, -0.15) is 0 Å². The van der Waals surface area contributed by atoms with E-state index in [0.29, 0.717) is 0 Å². The predicted molar refractivity (Wildman–Crippen MR) is 57.9 cm³/mol. The molecule has 0 bridgehead atoms. The first kappa shape index (κ1) is 9.79. The molecular weight excluding hydrogens is 212 g/mol. The van der Waals surface area contributed by atoms with Crippen LogP contribution in [0.3, 0.4) is 0 Å². The molecule has 0 spiro atoms. The number of alkyl halides is 1. The minimum absolute atomic E-state index is 0.974. The second kappa shape index (κ2) is 4.08. The zero-order valence-electron chi connectivity index (χ0n) is 7.95. The number of halogens is 1. The van der Waals surface area contributed by atoms with Gasteiger partial charge in [0.05, 0.1) is 0 Å². The van der Waals surface area contributed by atoms with Gasteiger partial charge in [-0.05, 0) is 37.0 Å². The molecule has 66 valence electrons. The Bertz CT molecular complexity index is 277. The van der Waals surface area contributed by atoms with E-state index in [4.69, 9.17) is 0 Å². The average molecular weight is 227 g/mol. The van der Waals surface area contributed by atoms with E-state index < -0.39 is 0 Å². The fourth-order valence-electron chi connectivity index (χ4n) is 1.59. The number of hydrogen-bond acceptors (Lipinski definition) is 0. The van der Waals surface area contributed by atoms with Crippen molar-refractivity contribution in [1.29, 1.82) is 0 Å². The molecule has 0 saturated heterocycles. The molecule has 0 atom stereocenters. The van der Waals surface area contributed by atoms with Gasteiger partial charge in [-0.15, -0.1) is 0 Å². The molecule has 0 radical (unpaired) electrons. The first-order valence-electron chi connectivity index (χ1n) is 4.34. The highest BCUT2D eigenvalue weighted by molar-refractivity contribution is 9.08. The van der Waals surface area contributed by atoms with Crippen LogP contribution in [0, 0.1) is 13.8 Å². The summed E-state index contributed by atoms with van der Waals surface area (Å²) in [5.74, 6) is 0. The Kier molecular flexibility index (Phi) is 3.33. The maximum absolute atomic E-state index is 3.52. The van der Waals surface area contributed by atoms with E-state index in [2.05, 4.69) is 48.8 Å². The van der Waals surface area contributed by atoms with Crippen molar-refractivity contribution in [2.45, 2.75) is 32.5 Å². The van der Waals surface area contributed by atoms with Gasteiger partial charge >= 0.3 is 0 Å². The molecule has 0 amide bonds. The van der Waals surface area contributed by atoms with Crippen LogP contribution in [-0.4, -0.2) is 0 Å². The van der Waals surface area contributed by atoms with Crippen LogP contribution >= 0.6 is 15.9 Å². The fraction of sp³-hybridized carbons (Fsp3) is 0.455. The number of rotatable bonds is 2. The summed E-state index contributed by atoms with van der Waals surface area (Å²) in [7, 11) is 0. The zero-order chi connectivity index (χ0) is 9.14. The summed E-state index contributed by atoms with van der Waals surface area (Å²) in [5, 5.41) is 0.974. The molecule has 1 rings (SSSR count). The SMILES string of the molecule is CCc1cc(C)cc(C)c1CBr. The van der Waals surface area contributed by atoms with Gasteiger partial charge in [0.25, 0.3) is 0 Å². The highest BCUT2D eigenvalue weighted by Crippen LogP contribution is 2.20. The molecule has 0 aliphatic carbocycles. The molecule has 0 aliphatic heterocycles. The van der Waals surface area contributed by atoms with Crippen LogP contribution in [0.25, 0.3) is 0 Å². The molecule has 0 unspecified atom stereocenters. The molecule has 0 nitrogen and oxygen atoms in total. The van der Waals surface area contributed by atoms with Crippen LogP contribution in [0.1, 0.15) is 29.2 Å². The third-order valence-electron chi connectivity index (χ3n) is 2.22. The van der Waals surface area contributed by atoms with Gasteiger partial charge in [-0.3, -0.25) is 0 Å². The smallest absolute Gasteiger partial charge is 0.0288 e. The molecular formula is C11H15Br. The van der Waals surface area contributed by atoms with Crippen molar-refractivity contribution < 1.29 is 0 Å². The molecule has 0 N–H and O–H groups in total. The van der Waals surface area contributed by atoms with Crippen molar-refractivity contribution in [3.05, 3.63) is 34.4 Å². The lowest BCUT2D eigenvalue weighted by Crippen LogP contribution is -1.94. The molecule has 0 fully saturated rings. The molecule has 0 saturated carbocycles. The lowest BCUT2D eigenvalue weighted by molar-refractivity contribution is 1.08. The Hall–Kier alpha value is -0.300. The second-order valence-electron chi connectivity index (χ2n) is 3.21. The van der Waals surface area contributed by atoms with E-state index in [1.54, 1.807) is 0 Å². The van der Waals surface area contributed by atoms with E-state index in [9.17, 15) is 0 Å². The molecule has 0 heterocycles. The normalized spacial score (nSPS) is 10.3. The topological polar surface area (TPSA) is 0 Å². The molecule has 12 heavy (non-hydrogen) atoms. The summed E-state index contributed by atoms with van der Waals surface area (Å²) in [5.41, 5.74) is 5.71. The van der Waals surface area contributed by atoms with Gasteiger partial charge in [-0.1, -0.05) is 40.5 Å². The zero-order valence-corrected chi connectivity index (χ0v) is 9.53. The number of aryl methyl sites for hydroxylation is 3. The van der Waals surface area contributed by atoms with Crippen LogP contribution in [0.2, 0.25) is 0 Å². The van der Waals surface area contributed by atoms with Crippen LogP contribution in [0.15, 0.2) is 12.1 Å². The standard InChI is InChI=1S/C11H15Br/c1-4-10-6-8(2)5-9(3)11(10)7-12/h5-6H,4,7H2,1-3H3. The van der Waals surface area contributed by atoms with Gasteiger partial charge in [-0.25, -0.2) is 0 Å². The summed E-state index contributed by atoms with van der Waals surface area (Å²) >= 11 is 3.52. The molecule has 0 aliphatic rings. The third kappa shape index (κ3) is 1.89. The van der Waals surface area contributed by atoms with Crippen LogP contribution < -0.4 is 0 Å². The summed E-state index contributed by atoms with van der Waals surface area (Å²) in [6, 6.07) is 4.53. The minimum atomic E-state index is 0.974. The number of benzene rings is 1. The highest BCUT2D eigenvalue weighted by Gasteiger charge is 2.03. The molecule has 1 aromatic carbocycles. The Morgan fingerprint density at radius 2 is 1.92 bits per heavy atom. The van der Waals surface area contributed by atoms with E-state index >= 15 is 0 Å². The van der Waals surface area contributed by atoms with E-state index in [-0.39, 0.29) is 0 Å². The predicted octanol–water partition coefficient (Wildman–Crippen LogP) is 3.76. The van der Waals surface area contributed by atoms with E-state index in [1.165, 1.54) is 22.3 Å². The first-order valence-corrected chi connectivity index (χ1v) is 5.46. The fourth-order valence-corrected chi connectivity index (χ4v) is 2.39. The van der Waals surface area contributed by atoms with Gasteiger partial charge in [0, 0.05) is 5.33 Å². The largest absolute Gasteiger partial charge is 0.0876 e. The van der Waals surface area contributed by atoms with Crippen LogP contribution in [0.5, 0.6) is 0 Å². The van der Waals surface area contributed by atoms with E-state index in [0.717, 1.165) is 11.8 Å². The lowest BCUT2D eigenvalue weighted by atomic mass is 9.99. The summed E-state index contributed by atoms with van der Waals surface area (Å²) in [4.78, 5) is 0. The second-order valence-corrected chi connectivity index (χ2v) is 3.77. The lowest BCUT2D eigenvalue weighted by Gasteiger charge is -2.09. The van der Waals surface area contributed by atoms with Gasteiger partial charge < -0.3 is 0 Å². The van der Waals surface area contributed by atoms with Crippen molar-refractivity contribution in [2.75, 3.05) is 0 Å². The third-order valence-corrected chi connectivity index (χ3v) is 2.78. The highest BCUT2D eigenvalue weighted by atomic mass is 79.9. The quantitative estimate of drug-likeness (QED) is 0.675. The Balaban J connectivity index is 3.24. The van der Waals surface area contributed by atoms with Crippen molar-refractivity contribution in [3.63, 3.8) is 0 Å². The first-order chi connectivity index (χ1) is 5.69. The Morgan fingerprint density at radius 1 is 1.25 bits per heavy atom. The van der Waals surface area contributed by atoms with Gasteiger partial charge in [0.2, 0.25) is 0 Å². The monoisotopic (exact) mass is 226 g/mol. The Morgan fingerprint density at radius 3 is 2.42 bits per heavy atom. The van der Waals surface area contributed by atoms with Crippen molar-refractivity contribution >= 4 is 15.9 Å². The molecule has 1 aromatic rings. The maximum atomic E-state index is 3.52. The average Bonchev–Trinajstić information content (AvgIpc) is 2.03. The summed E-state index contributed by atoms with van der Waals surface area (Å²) in [6.45, 7) is 6.55. The van der Waals surface area contributed by atoms with Gasteiger partial charge in [0.15, 0.2) is 0 Å². The number of hydrogen-bond donors (Lipinski definition) is 0. The molecule has 0 aromatic heterocycles. The van der Waals surface area contributed by atoms with Gasteiger partial charge in [0.1, 0.15) is 0 Å². The Labute approximate surface area is 83.1 Å². The van der Waals surface area contributed by atoms with E-state index in [1.807, 2.05) is 0 Å². The van der Waals surface area contributed by atoms with Crippen LogP contribution in [0.4, 0.5) is 0 Å². The summed E-state index contributed by atoms with van der Waals surface area (Å²) in [6.07, 6.45) is 1.13. The summed E-state index contributed by atoms with van der Waals surface area (Å²) < 4.78 is 0. The molecule has 1 heteroatoms. The van der Waals surface area contributed by atoms with Crippen molar-refractivity contribution in [3.8, 4) is 0 Å². The maximum Gasteiger partial charge on any atom is 0.0288 e. The van der Waals surface area contributed by atoms with Crippen molar-refractivity contribution in [2.24, 2.45) is 0 Å². The minimum Gasteiger partial charge on any atom is -0.0876 e. The van der Waals surface area contributed by atoms with Crippen LogP contribution in [-0.2, 0) is 11.8 Å².